The Bertz CT molecular complexity index is 827. The Balaban J connectivity index is 1.21. The lowest BCUT2D eigenvalue weighted by Crippen LogP contribution is -2.51. The van der Waals surface area contributed by atoms with Crippen LogP contribution in [0.3, 0.4) is 0 Å². The molecule has 2 fully saturated rings. The fraction of sp³-hybridized carbons (Fsp3) is 0.579. The summed E-state index contributed by atoms with van der Waals surface area (Å²) in [4.78, 5) is 47.0. The SMILES string of the molecule is O=C(Nc1nc(CC(=O)N2CCN(CC(=O)N3CCCC3)CC2)cs1)C1=COCO1. The van der Waals surface area contributed by atoms with Gasteiger partial charge in [0, 0.05) is 44.6 Å². The summed E-state index contributed by atoms with van der Waals surface area (Å²) in [5.41, 5.74) is 0.615. The minimum Gasteiger partial charge on any atom is -0.461 e. The average Bonchev–Trinajstić information content (AvgIpc) is 3.51. The smallest absolute Gasteiger partial charge is 0.295 e. The quantitative estimate of drug-likeness (QED) is 0.682. The predicted octanol–water partition coefficient (Wildman–Crippen LogP) is 0.236. The summed E-state index contributed by atoms with van der Waals surface area (Å²) in [6.07, 6.45) is 3.62. The molecule has 162 valence electrons. The zero-order chi connectivity index (χ0) is 20.9. The lowest BCUT2D eigenvalue weighted by atomic mass is 10.2. The van der Waals surface area contributed by atoms with E-state index in [9.17, 15) is 14.4 Å². The third kappa shape index (κ3) is 5.08. The summed E-state index contributed by atoms with van der Waals surface area (Å²) in [7, 11) is 0. The normalized spacial score (nSPS) is 19.3. The molecule has 3 aliphatic rings. The van der Waals surface area contributed by atoms with Crippen molar-refractivity contribution in [3.63, 3.8) is 0 Å². The van der Waals surface area contributed by atoms with Crippen LogP contribution < -0.4 is 5.32 Å². The summed E-state index contributed by atoms with van der Waals surface area (Å²) in [6, 6.07) is 0. The van der Waals surface area contributed by atoms with Crippen molar-refractivity contribution in [1.82, 2.24) is 19.7 Å². The maximum absolute atomic E-state index is 12.6. The fourth-order valence-electron chi connectivity index (χ4n) is 3.64. The molecule has 0 aliphatic carbocycles. The number of amides is 3. The number of rotatable bonds is 6. The van der Waals surface area contributed by atoms with Gasteiger partial charge in [0.05, 0.1) is 18.7 Å². The Morgan fingerprint density at radius 2 is 1.77 bits per heavy atom. The molecule has 0 spiro atoms. The molecule has 1 N–H and O–H groups in total. The van der Waals surface area contributed by atoms with Crippen LogP contribution in [0.2, 0.25) is 0 Å². The van der Waals surface area contributed by atoms with Crippen LogP contribution >= 0.6 is 11.3 Å². The highest BCUT2D eigenvalue weighted by Gasteiger charge is 2.26. The third-order valence-electron chi connectivity index (χ3n) is 5.34. The van der Waals surface area contributed by atoms with Gasteiger partial charge in [-0.05, 0) is 12.8 Å². The molecule has 3 amide bonds. The van der Waals surface area contributed by atoms with E-state index in [2.05, 4.69) is 15.2 Å². The zero-order valence-corrected chi connectivity index (χ0v) is 17.5. The first-order valence-electron chi connectivity index (χ1n) is 10.1. The van der Waals surface area contributed by atoms with E-state index in [-0.39, 0.29) is 30.8 Å². The number of carbonyl (C=O) groups is 3. The number of thiazole rings is 1. The minimum atomic E-state index is -0.431. The van der Waals surface area contributed by atoms with Gasteiger partial charge in [-0.15, -0.1) is 11.3 Å². The van der Waals surface area contributed by atoms with Gasteiger partial charge in [-0.3, -0.25) is 24.6 Å². The van der Waals surface area contributed by atoms with E-state index in [0.29, 0.717) is 43.5 Å². The van der Waals surface area contributed by atoms with Crippen molar-refractivity contribution in [3.8, 4) is 0 Å². The van der Waals surface area contributed by atoms with E-state index in [1.165, 1.54) is 17.6 Å². The van der Waals surface area contributed by atoms with Crippen LogP contribution in [-0.2, 0) is 30.3 Å². The highest BCUT2D eigenvalue weighted by atomic mass is 32.1. The van der Waals surface area contributed by atoms with Crippen molar-refractivity contribution in [3.05, 3.63) is 23.1 Å². The van der Waals surface area contributed by atoms with Crippen LogP contribution in [-0.4, -0.2) is 90.0 Å². The van der Waals surface area contributed by atoms with Gasteiger partial charge in [-0.25, -0.2) is 4.98 Å². The zero-order valence-electron chi connectivity index (χ0n) is 16.7. The molecular weight excluding hydrogens is 410 g/mol. The molecule has 1 aromatic rings. The molecule has 0 unspecified atom stereocenters. The van der Waals surface area contributed by atoms with Gasteiger partial charge in [0.2, 0.25) is 24.4 Å². The molecular formula is C19H25N5O5S. The number of likely N-dealkylation sites (tertiary alicyclic amines) is 1. The van der Waals surface area contributed by atoms with E-state index in [1.807, 2.05) is 9.80 Å². The molecule has 0 saturated carbocycles. The molecule has 1 aromatic heterocycles. The van der Waals surface area contributed by atoms with Gasteiger partial charge < -0.3 is 19.3 Å². The molecule has 3 aliphatic heterocycles. The van der Waals surface area contributed by atoms with Crippen LogP contribution in [0.1, 0.15) is 18.5 Å². The van der Waals surface area contributed by atoms with Gasteiger partial charge in [0.1, 0.15) is 6.26 Å². The largest absolute Gasteiger partial charge is 0.461 e. The van der Waals surface area contributed by atoms with Crippen molar-refractivity contribution < 1.29 is 23.9 Å². The first-order valence-corrected chi connectivity index (χ1v) is 10.9. The maximum Gasteiger partial charge on any atom is 0.295 e. The van der Waals surface area contributed by atoms with Gasteiger partial charge >= 0.3 is 0 Å². The molecule has 0 aromatic carbocycles. The number of aromatic nitrogens is 1. The van der Waals surface area contributed by atoms with Crippen LogP contribution in [0, 0.1) is 0 Å². The second kappa shape index (κ2) is 9.43. The highest BCUT2D eigenvalue weighted by molar-refractivity contribution is 7.14. The Hall–Kier alpha value is -2.66. The number of hydrogen-bond acceptors (Lipinski definition) is 8. The summed E-state index contributed by atoms with van der Waals surface area (Å²) in [6.45, 7) is 4.79. The summed E-state index contributed by atoms with van der Waals surface area (Å²) in [5.74, 6) is -0.142. The summed E-state index contributed by atoms with van der Waals surface area (Å²) < 4.78 is 9.87. The molecule has 0 atom stereocenters. The molecule has 2 saturated heterocycles. The number of nitrogens with zero attached hydrogens (tertiary/aromatic N) is 4. The van der Waals surface area contributed by atoms with Crippen LogP contribution in [0.4, 0.5) is 5.13 Å². The fourth-order valence-corrected chi connectivity index (χ4v) is 4.35. The van der Waals surface area contributed by atoms with Crippen molar-refractivity contribution >= 4 is 34.2 Å². The molecule has 11 heteroatoms. The monoisotopic (exact) mass is 435 g/mol. The Kier molecular flexibility index (Phi) is 6.48. The van der Waals surface area contributed by atoms with Gasteiger partial charge in [-0.1, -0.05) is 0 Å². The molecule has 0 radical (unpaired) electrons. The molecule has 30 heavy (non-hydrogen) atoms. The molecule has 10 nitrogen and oxygen atoms in total. The van der Waals surface area contributed by atoms with Gasteiger partial charge in [-0.2, -0.15) is 0 Å². The van der Waals surface area contributed by atoms with E-state index < -0.39 is 5.91 Å². The van der Waals surface area contributed by atoms with Crippen molar-refractivity contribution in [2.75, 3.05) is 57.9 Å². The van der Waals surface area contributed by atoms with Crippen LogP contribution in [0.25, 0.3) is 0 Å². The van der Waals surface area contributed by atoms with E-state index in [4.69, 9.17) is 9.47 Å². The van der Waals surface area contributed by atoms with Crippen LogP contribution in [0.5, 0.6) is 0 Å². The Labute approximate surface area is 178 Å². The number of piperazine rings is 1. The van der Waals surface area contributed by atoms with Crippen LogP contribution in [0.15, 0.2) is 17.4 Å². The standard InChI is InChI=1S/C19H25N5O5S/c25-16(9-14-12-30-19(20-14)21-18(27)15-11-28-13-29-15)24-7-5-22(6-8-24)10-17(26)23-3-1-2-4-23/h11-12H,1-10,13H2,(H,20,21,27). The van der Waals surface area contributed by atoms with Crippen molar-refractivity contribution in [1.29, 1.82) is 0 Å². The Morgan fingerprint density at radius 3 is 2.47 bits per heavy atom. The molecule has 4 rings (SSSR count). The second-order valence-corrected chi connectivity index (χ2v) is 8.29. The average molecular weight is 436 g/mol. The third-order valence-corrected chi connectivity index (χ3v) is 6.15. The lowest BCUT2D eigenvalue weighted by molar-refractivity contribution is -0.134. The van der Waals surface area contributed by atoms with E-state index in [0.717, 1.165) is 25.9 Å². The van der Waals surface area contributed by atoms with Crippen molar-refractivity contribution in [2.45, 2.75) is 19.3 Å². The minimum absolute atomic E-state index is 0.000990. The maximum atomic E-state index is 12.6. The Morgan fingerprint density at radius 1 is 1.03 bits per heavy atom. The number of carbonyl (C=O) groups excluding carboxylic acids is 3. The molecule has 0 bridgehead atoms. The number of ether oxygens (including phenoxy) is 2. The van der Waals surface area contributed by atoms with Gasteiger partial charge in [0.15, 0.2) is 5.13 Å². The lowest BCUT2D eigenvalue weighted by Gasteiger charge is -2.35. The summed E-state index contributed by atoms with van der Waals surface area (Å²) >= 11 is 1.26. The molecule has 4 heterocycles. The first-order chi connectivity index (χ1) is 14.6. The number of hydrogen-bond donors (Lipinski definition) is 1. The van der Waals surface area contributed by atoms with E-state index in [1.54, 1.807) is 5.38 Å². The van der Waals surface area contributed by atoms with Crippen molar-refractivity contribution in [2.24, 2.45) is 0 Å². The second-order valence-electron chi connectivity index (χ2n) is 7.43. The number of nitrogens with one attached hydrogen (secondary N) is 1. The number of anilines is 1. The van der Waals surface area contributed by atoms with Gasteiger partial charge in [0.25, 0.3) is 5.91 Å². The van der Waals surface area contributed by atoms with E-state index >= 15 is 0 Å². The predicted molar refractivity (Wildman–Crippen MR) is 108 cm³/mol. The summed E-state index contributed by atoms with van der Waals surface area (Å²) in [5, 5.41) is 4.80. The first kappa shape index (κ1) is 20.6. The topological polar surface area (TPSA) is 104 Å². The highest BCUT2D eigenvalue weighted by Crippen LogP contribution is 2.19.